The third-order valence-corrected chi connectivity index (χ3v) is 4.52. The van der Waals surface area contributed by atoms with Gasteiger partial charge in [0, 0.05) is 25.3 Å². The third kappa shape index (κ3) is 2.81. The van der Waals surface area contributed by atoms with E-state index in [0.717, 1.165) is 35.9 Å². The van der Waals surface area contributed by atoms with Crippen LogP contribution in [0.2, 0.25) is 0 Å². The average molecular weight is 324 g/mol. The van der Waals surface area contributed by atoms with Crippen LogP contribution in [0.5, 0.6) is 0 Å². The summed E-state index contributed by atoms with van der Waals surface area (Å²) in [6, 6.07) is 2.30. The topological polar surface area (TPSA) is 58.6 Å². The highest BCUT2D eigenvalue weighted by atomic mass is 19.1. The van der Waals surface area contributed by atoms with Crippen molar-refractivity contribution in [1.82, 2.24) is 10.2 Å². The van der Waals surface area contributed by atoms with Crippen LogP contribution in [0.4, 0.5) is 13.6 Å². The molecule has 2 aliphatic rings. The molecule has 0 spiro atoms. The van der Waals surface area contributed by atoms with Crippen LogP contribution in [0.15, 0.2) is 18.2 Å². The Labute approximate surface area is 132 Å². The van der Waals surface area contributed by atoms with E-state index >= 15 is 0 Å². The molecule has 2 saturated heterocycles. The number of rotatable bonds is 3. The molecule has 124 valence electrons. The molecule has 2 aliphatic heterocycles. The number of hydrogen-bond donors (Lipinski definition) is 1. The van der Waals surface area contributed by atoms with Gasteiger partial charge in [0.25, 0.3) is 5.91 Å². The summed E-state index contributed by atoms with van der Waals surface area (Å²) in [6.07, 6.45) is 1.53. The van der Waals surface area contributed by atoms with Gasteiger partial charge in [0.1, 0.15) is 17.2 Å². The number of hydrogen-bond acceptors (Lipinski definition) is 3. The van der Waals surface area contributed by atoms with Gasteiger partial charge in [0.05, 0.1) is 0 Å². The van der Waals surface area contributed by atoms with Crippen LogP contribution in [0.3, 0.4) is 0 Å². The number of imide groups is 1. The number of carbonyl (C=O) groups excluding carboxylic acids is 2. The molecule has 0 aliphatic carbocycles. The number of nitrogens with zero attached hydrogens (tertiary/aromatic N) is 1. The van der Waals surface area contributed by atoms with Crippen LogP contribution in [-0.4, -0.2) is 36.6 Å². The fourth-order valence-electron chi connectivity index (χ4n) is 3.11. The molecular formula is C16H18F2N2O3. The fourth-order valence-corrected chi connectivity index (χ4v) is 3.11. The lowest BCUT2D eigenvalue weighted by atomic mass is 9.91. The third-order valence-electron chi connectivity index (χ3n) is 4.52. The summed E-state index contributed by atoms with van der Waals surface area (Å²) >= 11 is 0. The van der Waals surface area contributed by atoms with Crippen LogP contribution in [0.25, 0.3) is 0 Å². The van der Waals surface area contributed by atoms with Crippen LogP contribution >= 0.6 is 0 Å². The van der Waals surface area contributed by atoms with Crippen molar-refractivity contribution in [2.75, 3.05) is 19.8 Å². The van der Waals surface area contributed by atoms with Crippen molar-refractivity contribution < 1.29 is 23.1 Å². The highest BCUT2D eigenvalue weighted by Crippen LogP contribution is 2.32. The Bertz CT molecular complexity index is 646. The molecule has 1 unspecified atom stereocenters. The number of nitrogens with one attached hydrogen (secondary N) is 1. The lowest BCUT2D eigenvalue weighted by molar-refractivity contribution is -0.131. The van der Waals surface area contributed by atoms with E-state index in [1.807, 2.05) is 0 Å². The molecule has 1 N–H and O–H groups in total. The van der Waals surface area contributed by atoms with Crippen LogP contribution in [0, 0.1) is 17.6 Å². The van der Waals surface area contributed by atoms with Gasteiger partial charge in [-0.05, 0) is 43.9 Å². The van der Waals surface area contributed by atoms with Gasteiger partial charge in [0.2, 0.25) is 0 Å². The minimum atomic E-state index is -1.59. The van der Waals surface area contributed by atoms with Gasteiger partial charge in [-0.1, -0.05) is 0 Å². The molecule has 1 aromatic rings. The van der Waals surface area contributed by atoms with Crippen molar-refractivity contribution in [2.24, 2.45) is 5.92 Å². The monoisotopic (exact) mass is 324 g/mol. The van der Waals surface area contributed by atoms with E-state index in [1.54, 1.807) is 0 Å². The molecule has 5 nitrogen and oxygen atoms in total. The van der Waals surface area contributed by atoms with E-state index < -0.39 is 29.1 Å². The first-order valence-corrected chi connectivity index (χ1v) is 7.59. The Morgan fingerprint density at radius 1 is 1.30 bits per heavy atom. The fraction of sp³-hybridized carbons (Fsp3) is 0.500. The van der Waals surface area contributed by atoms with Crippen molar-refractivity contribution in [3.05, 3.63) is 35.4 Å². The lowest BCUT2D eigenvalue weighted by Crippen LogP contribution is -2.42. The Kier molecular flexibility index (Phi) is 4.06. The summed E-state index contributed by atoms with van der Waals surface area (Å²) in [6.45, 7) is 2.86. The summed E-state index contributed by atoms with van der Waals surface area (Å²) in [7, 11) is 0. The SMILES string of the molecule is CC1(c2cc(F)ccc2F)NC(=O)N(CC2CCOCC2)C1=O. The molecular weight excluding hydrogens is 306 g/mol. The van der Waals surface area contributed by atoms with E-state index in [4.69, 9.17) is 4.74 Å². The Morgan fingerprint density at radius 2 is 2.00 bits per heavy atom. The van der Waals surface area contributed by atoms with Crippen molar-refractivity contribution >= 4 is 11.9 Å². The molecule has 3 rings (SSSR count). The molecule has 1 aromatic carbocycles. The first kappa shape index (κ1) is 15.9. The molecule has 2 fully saturated rings. The van der Waals surface area contributed by atoms with Crippen LogP contribution in [0.1, 0.15) is 25.3 Å². The lowest BCUT2D eigenvalue weighted by Gasteiger charge is -2.26. The predicted octanol–water partition coefficient (Wildman–Crippen LogP) is 2.16. The maximum Gasteiger partial charge on any atom is 0.325 e. The highest BCUT2D eigenvalue weighted by molar-refractivity contribution is 6.07. The number of amides is 3. The zero-order valence-electron chi connectivity index (χ0n) is 12.8. The minimum absolute atomic E-state index is 0.162. The zero-order chi connectivity index (χ0) is 16.6. The maximum absolute atomic E-state index is 14.0. The molecule has 2 heterocycles. The van der Waals surface area contributed by atoms with E-state index in [1.165, 1.54) is 6.92 Å². The maximum atomic E-state index is 14.0. The molecule has 0 aromatic heterocycles. The zero-order valence-corrected chi connectivity index (χ0v) is 12.8. The average Bonchev–Trinajstić information content (AvgIpc) is 2.75. The van der Waals surface area contributed by atoms with E-state index in [9.17, 15) is 18.4 Å². The second kappa shape index (κ2) is 5.88. The van der Waals surface area contributed by atoms with Crippen LogP contribution < -0.4 is 5.32 Å². The first-order chi connectivity index (χ1) is 10.9. The summed E-state index contributed by atoms with van der Waals surface area (Å²) in [5, 5.41) is 2.50. The van der Waals surface area contributed by atoms with Gasteiger partial charge in [0.15, 0.2) is 0 Å². The second-order valence-corrected chi connectivity index (χ2v) is 6.15. The molecule has 23 heavy (non-hydrogen) atoms. The van der Waals surface area contributed by atoms with Gasteiger partial charge in [-0.15, -0.1) is 0 Å². The summed E-state index contributed by atoms with van der Waals surface area (Å²) in [4.78, 5) is 26.0. The van der Waals surface area contributed by atoms with Crippen molar-refractivity contribution in [1.29, 1.82) is 0 Å². The van der Waals surface area contributed by atoms with Gasteiger partial charge < -0.3 is 10.1 Å². The van der Waals surface area contributed by atoms with E-state index in [0.29, 0.717) is 13.2 Å². The summed E-state index contributed by atoms with van der Waals surface area (Å²) in [5.41, 5.74) is -1.75. The van der Waals surface area contributed by atoms with Gasteiger partial charge >= 0.3 is 6.03 Å². The molecule has 0 radical (unpaired) electrons. The van der Waals surface area contributed by atoms with Gasteiger partial charge in [-0.3, -0.25) is 9.69 Å². The number of benzene rings is 1. The Hall–Kier alpha value is -2.02. The second-order valence-electron chi connectivity index (χ2n) is 6.15. The Balaban J connectivity index is 1.85. The van der Waals surface area contributed by atoms with E-state index in [2.05, 4.69) is 5.32 Å². The minimum Gasteiger partial charge on any atom is -0.381 e. The Morgan fingerprint density at radius 3 is 2.70 bits per heavy atom. The predicted molar refractivity (Wildman–Crippen MR) is 77.5 cm³/mol. The first-order valence-electron chi connectivity index (χ1n) is 7.59. The van der Waals surface area contributed by atoms with Crippen molar-refractivity contribution in [3.63, 3.8) is 0 Å². The van der Waals surface area contributed by atoms with Crippen molar-refractivity contribution in [2.45, 2.75) is 25.3 Å². The molecule has 7 heteroatoms. The number of urea groups is 1. The number of ether oxygens (including phenoxy) is 1. The number of halogens is 2. The molecule has 3 amide bonds. The highest BCUT2D eigenvalue weighted by Gasteiger charge is 2.50. The van der Waals surface area contributed by atoms with Crippen LogP contribution in [-0.2, 0) is 15.1 Å². The van der Waals surface area contributed by atoms with Gasteiger partial charge in [-0.2, -0.15) is 0 Å². The van der Waals surface area contributed by atoms with E-state index in [-0.39, 0.29) is 18.0 Å². The molecule has 0 bridgehead atoms. The van der Waals surface area contributed by atoms with Crippen molar-refractivity contribution in [3.8, 4) is 0 Å². The quantitative estimate of drug-likeness (QED) is 0.867. The summed E-state index contributed by atoms with van der Waals surface area (Å²) < 4.78 is 32.8. The molecule has 0 saturated carbocycles. The number of carbonyl (C=O) groups is 2. The summed E-state index contributed by atoms with van der Waals surface area (Å²) in [5.74, 6) is -1.78. The molecule has 1 atom stereocenters. The van der Waals surface area contributed by atoms with Gasteiger partial charge in [-0.25, -0.2) is 13.6 Å². The normalized spacial score (nSPS) is 25.8. The standard InChI is InChI=1S/C16H18F2N2O3/c1-16(12-8-11(17)2-3-13(12)18)14(21)20(15(22)19-16)9-10-4-6-23-7-5-10/h2-3,8,10H,4-7,9H2,1H3,(H,19,22). The largest absolute Gasteiger partial charge is 0.381 e. The smallest absolute Gasteiger partial charge is 0.325 e.